The average molecular weight is 327 g/mol. The molecule has 1 amide bonds. The topological polar surface area (TPSA) is 76.4 Å². The second kappa shape index (κ2) is 5.85. The number of rotatable bonds is 3. The van der Waals surface area contributed by atoms with E-state index in [0.717, 1.165) is 29.8 Å². The number of anilines is 1. The van der Waals surface area contributed by atoms with Gasteiger partial charge in [-0.25, -0.2) is 4.68 Å². The molecule has 0 saturated heterocycles. The summed E-state index contributed by atoms with van der Waals surface area (Å²) in [4.78, 5) is 12.3. The van der Waals surface area contributed by atoms with Gasteiger partial charge in [0.15, 0.2) is 11.5 Å². The van der Waals surface area contributed by atoms with Gasteiger partial charge < -0.3 is 15.2 Å². The maximum absolute atomic E-state index is 12.3. The van der Waals surface area contributed by atoms with Crippen molar-refractivity contribution in [3.05, 3.63) is 35.5 Å². The number of nitrogens with one attached hydrogen (secondary N) is 1. The molecule has 4 rings (SSSR count). The minimum Gasteiger partial charge on any atom is -0.504 e. The van der Waals surface area contributed by atoms with E-state index in [4.69, 9.17) is 4.74 Å². The van der Waals surface area contributed by atoms with Crippen LogP contribution in [0.5, 0.6) is 11.5 Å². The van der Waals surface area contributed by atoms with E-state index >= 15 is 0 Å². The Morgan fingerprint density at radius 3 is 2.88 bits per heavy atom. The Bertz CT molecular complexity index is 778. The predicted molar refractivity (Wildman–Crippen MR) is 89.5 cm³/mol. The first-order chi connectivity index (χ1) is 11.7. The van der Waals surface area contributed by atoms with Crippen molar-refractivity contribution in [3.63, 3.8) is 0 Å². The fraction of sp³-hybridized carbons (Fsp3) is 0.444. The van der Waals surface area contributed by atoms with Crippen molar-refractivity contribution < 1.29 is 14.6 Å². The number of amides is 1. The standard InChI is InChI=1S/C18H21N3O3/c1-24-16-8-11(6-7-15(16)22)13-9-17(23)20-18-14(13)10-19-21(18)12-4-2-3-5-12/h6-8,10,12-13,22H,2-5,9H2,1H3,(H,20,23). The third kappa shape index (κ3) is 2.42. The van der Waals surface area contributed by atoms with Crippen molar-refractivity contribution in [1.82, 2.24) is 9.78 Å². The first-order valence-electron chi connectivity index (χ1n) is 8.41. The zero-order valence-electron chi connectivity index (χ0n) is 13.7. The third-order valence-corrected chi connectivity index (χ3v) is 5.12. The lowest BCUT2D eigenvalue weighted by Crippen LogP contribution is -2.25. The molecule has 24 heavy (non-hydrogen) atoms. The largest absolute Gasteiger partial charge is 0.504 e. The van der Waals surface area contributed by atoms with Crippen LogP contribution in [0.4, 0.5) is 5.82 Å². The molecule has 1 saturated carbocycles. The molecule has 6 nitrogen and oxygen atoms in total. The van der Waals surface area contributed by atoms with E-state index in [1.54, 1.807) is 12.1 Å². The van der Waals surface area contributed by atoms with Crippen LogP contribution in [-0.2, 0) is 4.79 Å². The molecule has 2 aromatic rings. The number of nitrogens with zero attached hydrogens (tertiary/aromatic N) is 2. The van der Waals surface area contributed by atoms with Crippen LogP contribution in [0.1, 0.15) is 55.2 Å². The summed E-state index contributed by atoms with van der Waals surface area (Å²) in [5.41, 5.74) is 1.99. The monoisotopic (exact) mass is 327 g/mol. The zero-order valence-corrected chi connectivity index (χ0v) is 13.7. The van der Waals surface area contributed by atoms with Gasteiger partial charge in [-0.1, -0.05) is 18.9 Å². The summed E-state index contributed by atoms with van der Waals surface area (Å²) in [5.74, 6) is 1.28. The van der Waals surface area contributed by atoms with Crippen LogP contribution in [0.3, 0.4) is 0 Å². The predicted octanol–water partition coefficient (Wildman–Crippen LogP) is 3.19. The van der Waals surface area contributed by atoms with Gasteiger partial charge >= 0.3 is 0 Å². The molecule has 1 aromatic heterocycles. The summed E-state index contributed by atoms with van der Waals surface area (Å²) in [5, 5.41) is 17.4. The molecule has 2 aliphatic rings. The number of aromatic nitrogens is 2. The van der Waals surface area contributed by atoms with Gasteiger partial charge in [0.2, 0.25) is 5.91 Å². The minimum atomic E-state index is -0.0709. The van der Waals surface area contributed by atoms with Crippen LogP contribution in [0, 0.1) is 0 Å². The smallest absolute Gasteiger partial charge is 0.226 e. The Kier molecular flexibility index (Phi) is 3.67. The lowest BCUT2D eigenvalue weighted by Gasteiger charge is -2.25. The summed E-state index contributed by atoms with van der Waals surface area (Å²) in [6.07, 6.45) is 6.90. The number of hydrogen-bond acceptors (Lipinski definition) is 4. The van der Waals surface area contributed by atoms with Gasteiger partial charge in [-0.15, -0.1) is 0 Å². The van der Waals surface area contributed by atoms with E-state index in [2.05, 4.69) is 10.4 Å². The lowest BCUT2D eigenvalue weighted by molar-refractivity contribution is -0.116. The molecular weight excluding hydrogens is 306 g/mol. The molecule has 2 heterocycles. The van der Waals surface area contributed by atoms with Gasteiger partial charge in [0.1, 0.15) is 5.82 Å². The second-order valence-corrected chi connectivity index (χ2v) is 6.57. The van der Waals surface area contributed by atoms with E-state index in [9.17, 15) is 9.90 Å². The van der Waals surface area contributed by atoms with E-state index < -0.39 is 0 Å². The van der Waals surface area contributed by atoms with Crippen LogP contribution in [-0.4, -0.2) is 27.9 Å². The van der Waals surface area contributed by atoms with Crippen LogP contribution in [0.15, 0.2) is 24.4 Å². The van der Waals surface area contributed by atoms with Crippen LogP contribution in [0.2, 0.25) is 0 Å². The summed E-state index contributed by atoms with van der Waals surface area (Å²) >= 11 is 0. The van der Waals surface area contributed by atoms with Crippen LogP contribution >= 0.6 is 0 Å². The number of methoxy groups -OCH3 is 1. The Labute approximate surface area is 140 Å². The molecular formula is C18H21N3O3. The van der Waals surface area contributed by atoms with E-state index in [1.165, 1.54) is 20.0 Å². The Morgan fingerprint density at radius 2 is 2.12 bits per heavy atom. The van der Waals surface area contributed by atoms with Gasteiger partial charge in [-0.2, -0.15) is 5.10 Å². The number of phenols is 1. The number of fused-ring (bicyclic) bond motifs is 1. The number of aromatic hydroxyl groups is 1. The number of benzene rings is 1. The number of hydrogen-bond donors (Lipinski definition) is 2. The molecule has 1 aliphatic carbocycles. The molecule has 0 spiro atoms. The van der Waals surface area contributed by atoms with Crippen LogP contribution in [0.25, 0.3) is 0 Å². The highest BCUT2D eigenvalue weighted by molar-refractivity contribution is 5.94. The summed E-state index contributed by atoms with van der Waals surface area (Å²) in [7, 11) is 1.52. The van der Waals surface area contributed by atoms with Crippen molar-refractivity contribution >= 4 is 11.7 Å². The van der Waals surface area contributed by atoms with Crippen molar-refractivity contribution in [2.24, 2.45) is 0 Å². The first-order valence-corrected chi connectivity index (χ1v) is 8.41. The fourth-order valence-electron chi connectivity index (χ4n) is 3.87. The summed E-state index contributed by atoms with van der Waals surface area (Å²) < 4.78 is 7.20. The van der Waals surface area contributed by atoms with Gasteiger partial charge in [-0.05, 0) is 30.5 Å². The maximum Gasteiger partial charge on any atom is 0.226 e. The van der Waals surface area contributed by atoms with Crippen molar-refractivity contribution in [2.45, 2.75) is 44.1 Å². The Morgan fingerprint density at radius 1 is 1.33 bits per heavy atom. The molecule has 0 radical (unpaired) electrons. The van der Waals surface area contributed by atoms with Gasteiger partial charge in [0.25, 0.3) is 0 Å². The zero-order chi connectivity index (χ0) is 16.7. The number of carbonyl (C=O) groups is 1. The van der Waals surface area contributed by atoms with Crippen LogP contribution < -0.4 is 10.1 Å². The van der Waals surface area contributed by atoms with E-state index in [-0.39, 0.29) is 17.6 Å². The molecule has 1 atom stereocenters. The average Bonchev–Trinajstić information content (AvgIpc) is 3.23. The maximum atomic E-state index is 12.3. The second-order valence-electron chi connectivity index (χ2n) is 6.57. The lowest BCUT2D eigenvalue weighted by atomic mass is 9.87. The quantitative estimate of drug-likeness (QED) is 0.908. The third-order valence-electron chi connectivity index (χ3n) is 5.12. The Hall–Kier alpha value is -2.50. The molecule has 1 unspecified atom stereocenters. The Balaban J connectivity index is 1.75. The fourth-order valence-corrected chi connectivity index (χ4v) is 3.87. The minimum absolute atomic E-state index is 0.000659. The highest BCUT2D eigenvalue weighted by Gasteiger charge is 2.32. The van der Waals surface area contributed by atoms with Crippen molar-refractivity contribution in [1.29, 1.82) is 0 Å². The highest BCUT2D eigenvalue weighted by atomic mass is 16.5. The highest BCUT2D eigenvalue weighted by Crippen LogP contribution is 2.42. The van der Waals surface area contributed by atoms with Gasteiger partial charge in [-0.3, -0.25) is 4.79 Å². The van der Waals surface area contributed by atoms with E-state index in [0.29, 0.717) is 18.2 Å². The normalized spacial score (nSPS) is 20.7. The van der Waals surface area contributed by atoms with Crippen molar-refractivity contribution in [3.8, 4) is 11.5 Å². The summed E-state index contributed by atoms with van der Waals surface area (Å²) in [6, 6.07) is 5.64. The molecule has 126 valence electrons. The number of carbonyl (C=O) groups excluding carboxylic acids is 1. The molecule has 1 aliphatic heterocycles. The molecule has 0 bridgehead atoms. The molecule has 1 fully saturated rings. The number of phenolic OH excluding ortho intramolecular Hbond substituents is 1. The molecule has 2 N–H and O–H groups in total. The first kappa shape index (κ1) is 15.1. The van der Waals surface area contributed by atoms with Crippen molar-refractivity contribution in [2.75, 3.05) is 12.4 Å². The number of ether oxygens (including phenoxy) is 1. The molecule has 6 heteroatoms. The van der Waals surface area contributed by atoms with Gasteiger partial charge in [0, 0.05) is 17.9 Å². The SMILES string of the molecule is COc1cc(C2CC(=O)Nc3c2cnn3C2CCCC2)ccc1O. The van der Waals surface area contributed by atoms with Gasteiger partial charge in [0.05, 0.1) is 19.3 Å². The van der Waals surface area contributed by atoms with E-state index in [1.807, 2.05) is 16.9 Å². The summed E-state index contributed by atoms with van der Waals surface area (Å²) in [6.45, 7) is 0. The molecule has 1 aromatic carbocycles.